The highest BCUT2D eigenvalue weighted by atomic mass is 19.1. The summed E-state index contributed by atoms with van der Waals surface area (Å²) in [4.78, 5) is 16.0. The summed E-state index contributed by atoms with van der Waals surface area (Å²) in [7, 11) is 0. The molecule has 1 heterocycles. The Morgan fingerprint density at radius 2 is 1.95 bits per heavy atom. The van der Waals surface area contributed by atoms with Crippen molar-refractivity contribution in [1.82, 2.24) is 14.8 Å². The Balaban J connectivity index is 1.78. The first-order valence-corrected chi connectivity index (χ1v) is 6.67. The molecule has 0 radical (unpaired) electrons. The summed E-state index contributed by atoms with van der Waals surface area (Å²) in [6, 6.07) is 13.3. The first-order valence-electron chi connectivity index (χ1n) is 6.67. The van der Waals surface area contributed by atoms with Crippen LogP contribution in [0.3, 0.4) is 0 Å². The maximum absolute atomic E-state index is 13.1. The lowest BCUT2D eigenvalue weighted by Gasteiger charge is -2.02. The van der Waals surface area contributed by atoms with Crippen LogP contribution in [0.1, 0.15) is 16.2 Å². The number of hydrogen-bond donors (Lipinski definition) is 1. The number of benzene rings is 2. The normalized spacial score (nSPS) is 10.5. The van der Waals surface area contributed by atoms with Crippen LogP contribution in [-0.2, 0) is 0 Å². The van der Waals surface area contributed by atoms with Gasteiger partial charge in [-0.3, -0.25) is 4.79 Å². The van der Waals surface area contributed by atoms with Crippen LogP contribution in [0.15, 0.2) is 54.9 Å². The third-order valence-electron chi connectivity index (χ3n) is 3.08. The topological polar surface area (TPSA) is 59.8 Å². The molecule has 0 bridgehead atoms. The minimum absolute atomic E-state index is 0.0184. The number of aromatic nitrogens is 3. The standard InChI is InChI=1S/C16H13FN4O/c1-11-5-7-14(8-6-11)21-10-18-15(20-21)16(22)19-13-4-2-3-12(17)9-13/h2-10H,1H3,(H,19,22). The van der Waals surface area contributed by atoms with Gasteiger partial charge < -0.3 is 5.32 Å². The average molecular weight is 296 g/mol. The molecule has 0 unspecified atom stereocenters. The zero-order valence-electron chi connectivity index (χ0n) is 11.8. The number of nitrogens with one attached hydrogen (secondary N) is 1. The Hall–Kier alpha value is -3.02. The van der Waals surface area contributed by atoms with Crippen molar-refractivity contribution in [2.24, 2.45) is 0 Å². The molecule has 0 spiro atoms. The van der Waals surface area contributed by atoms with Gasteiger partial charge in [0, 0.05) is 5.69 Å². The summed E-state index contributed by atoms with van der Waals surface area (Å²) in [6.07, 6.45) is 1.46. The quantitative estimate of drug-likeness (QED) is 0.808. The number of aryl methyl sites for hydroxylation is 1. The Morgan fingerprint density at radius 3 is 2.68 bits per heavy atom. The molecule has 22 heavy (non-hydrogen) atoms. The molecule has 0 aliphatic rings. The van der Waals surface area contributed by atoms with E-state index in [0.717, 1.165) is 11.3 Å². The van der Waals surface area contributed by atoms with Crippen LogP contribution in [0.5, 0.6) is 0 Å². The molecule has 0 atom stereocenters. The van der Waals surface area contributed by atoms with Gasteiger partial charge in [0.05, 0.1) is 5.69 Å². The van der Waals surface area contributed by atoms with Gasteiger partial charge in [0.15, 0.2) is 0 Å². The maximum atomic E-state index is 13.1. The molecule has 0 aliphatic carbocycles. The summed E-state index contributed by atoms with van der Waals surface area (Å²) >= 11 is 0. The lowest BCUT2D eigenvalue weighted by Crippen LogP contribution is -2.14. The molecule has 0 aliphatic heterocycles. The zero-order valence-corrected chi connectivity index (χ0v) is 11.8. The van der Waals surface area contributed by atoms with E-state index in [2.05, 4.69) is 15.4 Å². The number of anilines is 1. The van der Waals surface area contributed by atoms with E-state index in [1.54, 1.807) is 6.07 Å². The smallest absolute Gasteiger partial charge is 0.295 e. The van der Waals surface area contributed by atoms with Crippen molar-refractivity contribution in [3.05, 3.63) is 72.1 Å². The van der Waals surface area contributed by atoms with Crippen LogP contribution < -0.4 is 5.32 Å². The molecule has 1 N–H and O–H groups in total. The molecule has 0 saturated carbocycles. The van der Waals surface area contributed by atoms with E-state index in [1.165, 1.54) is 29.2 Å². The van der Waals surface area contributed by atoms with Gasteiger partial charge in [-0.1, -0.05) is 23.8 Å². The van der Waals surface area contributed by atoms with Crippen molar-refractivity contribution >= 4 is 11.6 Å². The molecular formula is C16H13FN4O. The van der Waals surface area contributed by atoms with Gasteiger partial charge in [0.25, 0.3) is 5.91 Å². The Morgan fingerprint density at radius 1 is 1.18 bits per heavy atom. The Kier molecular flexibility index (Phi) is 3.65. The molecule has 2 aromatic carbocycles. The molecule has 3 aromatic rings. The predicted octanol–water partition coefficient (Wildman–Crippen LogP) is 2.97. The number of carbonyl (C=O) groups is 1. The fourth-order valence-corrected chi connectivity index (χ4v) is 1.94. The van der Waals surface area contributed by atoms with Gasteiger partial charge >= 0.3 is 0 Å². The van der Waals surface area contributed by atoms with Crippen LogP contribution in [-0.4, -0.2) is 20.7 Å². The van der Waals surface area contributed by atoms with Crippen molar-refractivity contribution in [1.29, 1.82) is 0 Å². The molecular weight excluding hydrogens is 283 g/mol. The third-order valence-corrected chi connectivity index (χ3v) is 3.08. The van der Waals surface area contributed by atoms with E-state index in [4.69, 9.17) is 0 Å². The Bertz CT molecular complexity index is 811. The van der Waals surface area contributed by atoms with Crippen molar-refractivity contribution in [2.45, 2.75) is 6.92 Å². The molecule has 0 fully saturated rings. The highest BCUT2D eigenvalue weighted by Gasteiger charge is 2.12. The van der Waals surface area contributed by atoms with E-state index in [-0.39, 0.29) is 5.82 Å². The van der Waals surface area contributed by atoms with Crippen LogP contribution in [0.4, 0.5) is 10.1 Å². The predicted molar refractivity (Wildman–Crippen MR) is 80.4 cm³/mol. The van der Waals surface area contributed by atoms with Crippen LogP contribution in [0.2, 0.25) is 0 Å². The molecule has 0 saturated heterocycles. The minimum Gasteiger partial charge on any atom is -0.319 e. The zero-order chi connectivity index (χ0) is 15.5. The van der Waals surface area contributed by atoms with Gasteiger partial charge in [-0.05, 0) is 37.3 Å². The number of nitrogens with zero attached hydrogens (tertiary/aromatic N) is 3. The number of carbonyl (C=O) groups excluding carboxylic acids is 1. The largest absolute Gasteiger partial charge is 0.319 e. The van der Waals surface area contributed by atoms with Crippen molar-refractivity contribution in [2.75, 3.05) is 5.32 Å². The van der Waals surface area contributed by atoms with Crippen molar-refractivity contribution in [3.8, 4) is 5.69 Å². The van der Waals surface area contributed by atoms with Gasteiger partial charge in [-0.2, -0.15) is 0 Å². The maximum Gasteiger partial charge on any atom is 0.295 e. The van der Waals surface area contributed by atoms with E-state index >= 15 is 0 Å². The number of rotatable bonds is 3. The summed E-state index contributed by atoms with van der Waals surface area (Å²) < 4.78 is 14.6. The van der Waals surface area contributed by atoms with Gasteiger partial charge in [0.1, 0.15) is 12.1 Å². The SMILES string of the molecule is Cc1ccc(-n2cnc(C(=O)Nc3cccc(F)c3)n2)cc1. The fraction of sp³-hybridized carbons (Fsp3) is 0.0625. The summed E-state index contributed by atoms with van der Waals surface area (Å²) in [5.74, 6) is -0.891. The van der Waals surface area contributed by atoms with Gasteiger partial charge in [0.2, 0.25) is 5.82 Å². The van der Waals surface area contributed by atoms with Crippen LogP contribution in [0, 0.1) is 12.7 Å². The third kappa shape index (κ3) is 3.01. The van der Waals surface area contributed by atoms with Crippen molar-refractivity contribution in [3.63, 3.8) is 0 Å². The second-order valence-electron chi connectivity index (χ2n) is 4.81. The monoisotopic (exact) mass is 296 g/mol. The Labute approximate surface area is 126 Å². The molecule has 5 nitrogen and oxygen atoms in total. The van der Waals surface area contributed by atoms with E-state index < -0.39 is 11.7 Å². The number of hydrogen-bond acceptors (Lipinski definition) is 3. The van der Waals surface area contributed by atoms with Crippen LogP contribution in [0.25, 0.3) is 5.69 Å². The molecule has 1 aromatic heterocycles. The first kappa shape index (κ1) is 13.9. The highest BCUT2D eigenvalue weighted by molar-refractivity contribution is 6.01. The second-order valence-corrected chi connectivity index (χ2v) is 4.81. The van der Waals surface area contributed by atoms with Gasteiger partial charge in [-0.15, -0.1) is 5.10 Å². The van der Waals surface area contributed by atoms with E-state index in [1.807, 2.05) is 31.2 Å². The number of amides is 1. The lowest BCUT2D eigenvalue weighted by atomic mass is 10.2. The second kappa shape index (κ2) is 5.77. The highest BCUT2D eigenvalue weighted by Crippen LogP contribution is 2.11. The minimum atomic E-state index is -0.489. The molecule has 110 valence electrons. The van der Waals surface area contributed by atoms with Crippen LogP contribution >= 0.6 is 0 Å². The molecule has 3 rings (SSSR count). The molecule has 6 heteroatoms. The van der Waals surface area contributed by atoms with E-state index in [9.17, 15) is 9.18 Å². The molecule has 1 amide bonds. The van der Waals surface area contributed by atoms with Crippen molar-refractivity contribution < 1.29 is 9.18 Å². The van der Waals surface area contributed by atoms with E-state index in [0.29, 0.717) is 5.69 Å². The summed E-state index contributed by atoms with van der Waals surface area (Å²) in [5, 5.41) is 6.68. The average Bonchev–Trinajstić information content (AvgIpc) is 2.98. The number of halogens is 1. The summed E-state index contributed by atoms with van der Waals surface area (Å²) in [5.41, 5.74) is 2.30. The lowest BCUT2D eigenvalue weighted by molar-refractivity contribution is 0.101. The summed E-state index contributed by atoms with van der Waals surface area (Å²) in [6.45, 7) is 1.99. The first-order chi connectivity index (χ1) is 10.6. The fourth-order valence-electron chi connectivity index (χ4n) is 1.94. The van der Waals surface area contributed by atoms with Gasteiger partial charge in [-0.25, -0.2) is 14.1 Å².